The van der Waals surface area contributed by atoms with Crippen LogP contribution in [0, 0.1) is 5.82 Å². The van der Waals surface area contributed by atoms with Crippen LogP contribution in [0.2, 0.25) is 0 Å². The summed E-state index contributed by atoms with van der Waals surface area (Å²) in [5, 5.41) is 3.50. The highest BCUT2D eigenvalue weighted by molar-refractivity contribution is 9.10. The Morgan fingerprint density at radius 3 is 2.94 bits per heavy atom. The molecule has 1 saturated heterocycles. The van der Waals surface area contributed by atoms with Crippen molar-refractivity contribution in [2.45, 2.75) is 38.9 Å². The summed E-state index contributed by atoms with van der Waals surface area (Å²) >= 11 is 3.25. The molecule has 0 aromatic heterocycles. The van der Waals surface area contributed by atoms with E-state index >= 15 is 0 Å². The summed E-state index contributed by atoms with van der Waals surface area (Å²) < 4.78 is 13.8. The van der Waals surface area contributed by atoms with E-state index in [0.29, 0.717) is 16.6 Å². The fourth-order valence-electron chi connectivity index (χ4n) is 2.41. The van der Waals surface area contributed by atoms with Gasteiger partial charge in [-0.25, -0.2) is 4.39 Å². The first-order valence-corrected chi connectivity index (χ1v) is 7.27. The number of benzene rings is 1. The normalized spacial score (nSPS) is 26.0. The van der Waals surface area contributed by atoms with Gasteiger partial charge in [-0.05, 0) is 60.4 Å². The molecule has 100 valence electrons. The molecule has 1 heterocycles. The predicted octanol–water partition coefficient (Wildman–Crippen LogP) is 3.16. The van der Waals surface area contributed by atoms with Gasteiger partial charge in [-0.3, -0.25) is 4.90 Å². The van der Waals surface area contributed by atoms with Crippen molar-refractivity contribution < 1.29 is 4.39 Å². The summed E-state index contributed by atoms with van der Waals surface area (Å²) in [4.78, 5) is 2.46. The zero-order chi connectivity index (χ0) is 13.1. The molecular formula is C14H20BrFN2. The summed E-state index contributed by atoms with van der Waals surface area (Å²) in [6.07, 6.45) is 1.16. The largest absolute Gasteiger partial charge is 0.313 e. The Labute approximate surface area is 117 Å². The minimum Gasteiger partial charge on any atom is -0.313 e. The lowest BCUT2D eigenvalue weighted by Gasteiger charge is -2.28. The summed E-state index contributed by atoms with van der Waals surface area (Å²) in [5.41, 5.74) is 1.16. The second-order valence-corrected chi connectivity index (χ2v) is 6.03. The van der Waals surface area contributed by atoms with Crippen LogP contribution in [0.15, 0.2) is 22.7 Å². The Bertz CT molecular complexity index is 411. The van der Waals surface area contributed by atoms with Crippen LogP contribution in [0.1, 0.15) is 25.8 Å². The lowest BCUT2D eigenvalue weighted by atomic mass is 10.1. The second-order valence-electron chi connectivity index (χ2n) is 5.17. The van der Waals surface area contributed by atoms with Gasteiger partial charge in [0.15, 0.2) is 0 Å². The zero-order valence-electron chi connectivity index (χ0n) is 10.9. The van der Waals surface area contributed by atoms with Crippen molar-refractivity contribution >= 4 is 15.9 Å². The maximum atomic E-state index is 13.2. The van der Waals surface area contributed by atoms with Gasteiger partial charge in [0.1, 0.15) is 5.82 Å². The van der Waals surface area contributed by atoms with Crippen molar-refractivity contribution in [1.29, 1.82) is 0 Å². The maximum Gasteiger partial charge on any atom is 0.137 e. The van der Waals surface area contributed by atoms with Crippen LogP contribution in [-0.2, 0) is 6.54 Å². The number of hydrogen-bond acceptors (Lipinski definition) is 2. The molecule has 4 heteroatoms. The quantitative estimate of drug-likeness (QED) is 0.902. The van der Waals surface area contributed by atoms with Crippen molar-refractivity contribution in [2.75, 3.05) is 13.1 Å². The minimum atomic E-state index is -0.197. The van der Waals surface area contributed by atoms with Crippen molar-refractivity contribution in [3.63, 3.8) is 0 Å². The Kier molecular flexibility index (Phi) is 4.76. The van der Waals surface area contributed by atoms with Crippen molar-refractivity contribution in [1.82, 2.24) is 10.2 Å². The molecule has 1 aromatic rings. The molecule has 1 aliphatic heterocycles. The number of rotatable bonds is 2. The molecule has 18 heavy (non-hydrogen) atoms. The molecule has 2 atom stereocenters. The standard InChI is InChI=1S/C14H20BrFN2/c1-10-8-18(11(2)5-6-17-10)9-12-3-4-14(16)13(15)7-12/h3-4,7,10-11,17H,5-6,8-9H2,1-2H3. The summed E-state index contributed by atoms with van der Waals surface area (Å²) in [6.45, 7) is 7.47. The topological polar surface area (TPSA) is 15.3 Å². The molecule has 1 aromatic carbocycles. The van der Waals surface area contributed by atoms with Crippen LogP contribution >= 0.6 is 15.9 Å². The molecule has 2 rings (SSSR count). The van der Waals surface area contributed by atoms with Crippen molar-refractivity contribution in [3.8, 4) is 0 Å². The van der Waals surface area contributed by atoms with E-state index in [1.807, 2.05) is 12.1 Å². The number of nitrogens with zero attached hydrogens (tertiary/aromatic N) is 1. The van der Waals surface area contributed by atoms with Gasteiger partial charge in [0.05, 0.1) is 4.47 Å². The monoisotopic (exact) mass is 314 g/mol. The minimum absolute atomic E-state index is 0.197. The van der Waals surface area contributed by atoms with Crippen LogP contribution in [0.3, 0.4) is 0 Å². The van der Waals surface area contributed by atoms with E-state index < -0.39 is 0 Å². The van der Waals surface area contributed by atoms with Crippen LogP contribution in [-0.4, -0.2) is 30.1 Å². The lowest BCUT2D eigenvalue weighted by molar-refractivity contribution is 0.199. The van der Waals surface area contributed by atoms with Crippen LogP contribution < -0.4 is 5.32 Å². The third kappa shape index (κ3) is 3.53. The van der Waals surface area contributed by atoms with E-state index in [4.69, 9.17) is 0 Å². The fourth-order valence-corrected chi connectivity index (χ4v) is 2.84. The van der Waals surface area contributed by atoms with Gasteiger partial charge in [-0.15, -0.1) is 0 Å². The molecule has 0 radical (unpaired) electrons. The predicted molar refractivity (Wildman–Crippen MR) is 76.1 cm³/mol. The molecule has 0 bridgehead atoms. The van der Waals surface area contributed by atoms with Crippen LogP contribution in [0.5, 0.6) is 0 Å². The van der Waals surface area contributed by atoms with Gasteiger partial charge in [0.2, 0.25) is 0 Å². The molecule has 0 spiro atoms. The average molecular weight is 315 g/mol. The Morgan fingerprint density at radius 1 is 1.44 bits per heavy atom. The first-order chi connectivity index (χ1) is 8.56. The molecule has 0 amide bonds. The average Bonchev–Trinajstić information content (AvgIpc) is 2.47. The van der Waals surface area contributed by atoms with E-state index in [1.54, 1.807) is 0 Å². The van der Waals surface area contributed by atoms with E-state index in [2.05, 4.69) is 40.0 Å². The van der Waals surface area contributed by atoms with Crippen molar-refractivity contribution in [2.24, 2.45) is 0 Å². The SMILES string of the molecule is CC1CN(Cc2ccc(F)c(Br)c2)C(C)CCN1. The van der Waals surface area contributed by atoms with Gasteiger partial charge >= 0.3 is 0 Å². The molecule has 1 aliphatic rings. The first kappa shape index (κ1) is 14.0. The highest BCUT2D eigenvalue weighted by atomic mass is 79.9. The molecule has 1 fully saturated rings. The first-order valence-electron chi connectivity index (χ1n) is 6.47. The van der Waals surface area contributed by atoms with E-state index in [-0.39, 0.29) is 5.82 Å². The van der Waals surface area contributed by atoms with Gasteiger partial charge < -0.3 is 5.32 Å². The molecule has 0 saturated carbocycles. The third-order valence-electron chi connectivity index (χ3n) is 3.56. The Hall–Kier alpha value is -0.450. The van der Waals surface area contributed by atoms with Gasteiger partial charge in [0.25, 0.3) is 0 Å². The van der Waals surface area contributed by atoms with E-state index in [1.165, 1.54) is 6.07 Å². The Balaban J connectivity index is 2.08. The molecular weight excluding hydrogens is 295 g/mol. The van der Waals surface area contributed by atoms with Gasteiger partial charge in [-0.1, -0.05) is 6.07 Å². The number of halogens is 2. The van der Waals surface area contributed by atoms with Gasteiger partial charge in [0, 0.05) is 25.2 Å². The highest BCUT2D eigenvalue weighted by Gasteiger charge is 2.20. The van der Waals surface area contributed by atoms with Crippen molar-refractivity contribution in [3.05, 3.63) is 34.1 Å². The number of nitrogens with one attached hydrogen (secondary N) is 1. The maximum absolute atomic E-state index is 13.2. The molecule has 2 nitrogen and oxygen atoms in total. The molecule has 2 unspecified atom stereocenters. The Morgan fingerprint density at radius 2 is 2.22 bits per heavy atom. The molecule has 1 N–H and O–H groups in total. The van der Waals surface area contributed by atoms with Gasteiger partial charge in [-0.2, -0.15) is 0 Å². The van der Waals surface area contributed by atoms with Crippen LogP contribution in [0.4, 0.5) is 4.39 Å². The van der Waals surface area contributed by atoms with E-state index in [9.17, 15) is 4.39 Å². The summed E-state index contributed by atoms with van der Waals surface area (Å²) in [7, 11) is 0. The third-order valence-corrected chi connectivity index (χ3v) is 4.16. The number of hydrogen-bond donors (Lipinski definition) is 1. The summed E-state index contributed by atoms with van der Waals surface area (Å²) in [6, 6.07) is 6.36. The summed E-state index contributed by atoms with van der Waals surface area (Å²) in [5.74, 6) is -0.197. The van der Waals surface area contributed by atoms with Crippen LogP contribution in [0.25, 0.3) is 0 Å². The highest BCUT2D eigenvalue weighted by Crippen LogP contribution is 2.20. The smallest absolute Gasteiger partial charge is 0.137 e. The lowest BCUT2D eigenvalue weighted by Crippen LogP contribution is -2.37. The second kappa shape index (κ2) is 6.13. The zero-order valence-corrected chi connectivity index (χ0v) is 12.5. The molecule has 0 aliphatic carbocycles. The van der Waals surface area contributed by atoms with E-state index in [0.717, 1.165) is 31.6 Å². The fraction of sp³-hybridized carbons (Fsp3) is 0.571.